The highest BCUT2D eigenvalue weighted by Crippen LogP contribution is 2.30. The molecule has 22 heavy (non-hydrogen) atoms. The van der Waals surface area contributed by atoms with Crippen LogP contribution in [-0.2, 0) is 6.54 Å². The monoisotopic (exact) mass is 300 g/mol. The van der Waals surface area contributed by atoms with Crippen molar-refractivity contribution in [3.8, 4) is 0 Å². The van der Waals surface area contributed by atoms with E-state index >= 15 is 0 Å². The van der Waals surface area contributed by atoms with Gasteiger partial charge in [-0.05, 0) is 23.3 Å². The number of benzene rings is 2. The molecule has 1 heterocycles. The van der Waals surface area contributed by atoms with E-state index in [0.717, 1.165) is 5.56 Å². The van der Waals surface area contributed by atoms with Crippen molar-refractivity contribution < 1.29 is 9.31 Å². The first kappa shape index (κ1) is 14.7. The number of nitro groups is 1. The van der Waals surface area contributed by atoms with Crippen LogP contribution in [0.3, 0.4) is 0 Å². The fraction of sp³-hybridized carbons (Fsp3) is 0.294. The third-order valence-electron chi connectivity index (χ3n) is 4.16. The van der Waals surface area contributed by atoms with E-state index in [-0.39, 0.29) is 16.7 Å². The molecule has 5 heteroatoms. The van der Waals surface area contributed by atoms with Crippen LogP contribution < -0.4 is 0 Å². The Labute approximate surface area is 128 Å². The highest BCUT2D eigenvalue weighted by atomic mass is 19.1. The second-order valence-electron chi connectivity index (χ2n) is 5.69. The lowest BCUT2D eigenvalue weighted by atomic mass is 9.95. The predicted molar refractivity (Wildman–Crippen MR) is 81.6 cm³/mol. The molecule has 2 unspecified atom stereocenters. The van der Waals surface area contributed by atoms with E-state index in [1.807, 2.05) is 30.3 Å². The summed E-state index contributed by atoms with van der Waals surface area (Å²) >= 11 is 0. The number of halogens is 1. The summed E-state index contributed by atoms with van der Waals surface area (Å²) in [6.07, 6.45) is 0. The Balaban J connectivity index is 1.79. The first-order valence-corrected chi connectivity index (χ1v) is 7.29. The van der Waals surface area contributed by atoms with E-state index in [1.54, 1.807) is 12.1 Å². The van der Waals surface area contributed by atoms with E-state index in [1.165, 1.54) is 12.1 Å². The molecular formula is C17H17FN2O2. The molecule has 114 valence electrons. The standard InChI is InChI=1S/C17H17FN2O2/c18-15-8-4-7-14(9-15)16-11-19(12-17(16)20(21)22)10-13-5-2-1-3-6-13/h1-9,16-17H,10-12H2. The van der Waals surface area contributed by atoms with Gasteiger partial charge in [-0.15, -0.1) is 0 Å². The molecule has 1 aliphatic heterocycles. The van der Waals surface area contributed by atoms with Crippen LogP contribution in [0.1, 0.15) is 17.0 Å². The van der Waals surface area contributed by atoms with Crippen LogP contribution in [0.15, 0.2) is 54.6 Å². The smallest absolute Gasteiger partial charge is 0.233 e. The minimum Gasteiger partial charge on any atom is -0.292 e. The Morgan fingerprint density at radius 2 is 1.91 bits per heavy atom. The molecule has 0 saturated carbocycles. The molecule has 0 spiro atoms. The van der Waals surface area contributed by atoms with Crippen molar-refractivity contribution in [3.05, 3.63) is 81.7 Å². The molecule has 1 fully saturated rings. The molecular weight excluding hydrogens is 283 g/mol. The third kappa shape index (κ3) is 3.14. The van der Waals surface area contributed by atoms with Crippen molar-refractivity contribution in [3.63, 3.8) is 0 Å². The maximum absolute atomic E-state index is 13.4. The summed E-state index contributed by atoms with van der Waals surface area (Å²) in [5, 5.41) is 11.4. The summed E-state index contributed by atoms with van der Waals surface area (Å²) in [5.41, 5.74) is 1.83. The van der Waals surface area contributed by atoms with Gasteiger partial charge in [0.15, 0.2) is 0 Å². The van der Waals surface area contributed by atoms with Crippen LogP contribution in [0.5, 0.6) is 0 Å². The molecule has 0 radical (unpaired) electrons. The molecule has 0 bridgehead atoms. The number of hydrogen-bond donors (Lipinski definition) is 0. The molecule has 0 amide bonds. The van der Waals surface area contributed by atoms with Gasteiger partial charge in [0.2, 0.25) is 6.04 Å². The average Bonchev–Trinajstić information content (AvgIpc) is 2.92. The van der Waals surface area contributed by atoms with Crippen molar-refractivity contribution >= 4 is 0 Å². The van der Waals surface area contributed by atoms with Crippen molar-refractivity contribution in [1.82, 2.24) is 4.90 Å². The maximum Gasteiger partial charge on any atom is 0.233 e. The van der Waals surface area contributed by atoms with Gasteiger partial charge in [0.1, 0.15) is 5.82 Å². The van der Waals surface area contributed by atoms with Crippen molar-refractivity contribution in [1.29, 1.82) is 0 Å². The van der Waals surface area contributed by atoms with Crippen LogP contribution in [0.2, 0.25) is 0 Å². The number of rotatable bonds is 4. The molecule has 0 aromatic heterocycles. The van der Waals surface area contributed by atoms with E-state index in [2.05, 4.69) is 4.90 Å². The van der Waals surface area contributed by atoms with Gasteiger partial charge in [0, 0.05) is 18.0 Å². The van der Waals surface area contributed by atoms with Crippen molar-refractivity contribution in [2.75, 3.05) is 13.1 Å². The fourth-order valence-electron chi connectivity index (χ4n) is 3.12. The van der Waals surface area contributed by atoms with Gasteiger partial charge in [-0.2, -0.15) is 0 Å². The summed E-state index contributed by atoms with van der Waals surface area (Å²) < 4.78 is 13.4. The van der Waals surface area contributed by atoms with E-state index in [4.69, 9.17) is 0 Å². The van der Waals surface area contributed by atoms with Gasteiger partial charge in [-0.1, -0.05) is 42.5 Å². The molecule has 4 nitrogen and oxygen atoms in total. The number of hydrogen-bond acceptors (Lipinski definition) is 3. The van der Waals surface area contributed by atoms with Crippen LogP contribution in [0.25, 0.3) is 0 Å². The number of nitrogens with zero attached hydrogens (tertiary/aromatic N) is 2. The zero-order valence-corrected chi connectivity index (χ0v) is 12.1. The Bertz CT molecular complexity index is 663. The van der Waals surface area contributed by atoms with Crippen LogP contribution in [0.4, 0.5) is 4.39 Å². The lowest BCUT2D eigenvalue weighted by Crippen LogP contribution is -2.28. The Morgan fingerprint density at radius 3 is 2.59 bits per heavy atom. The summed E-state index contributed by atoms with van der Waals surface area (Å²) in [7, 11) is 0. The maximum atomic E-state index is 13.4. The normalized spacial score (nSPS) is 21.9. The first-order valence-electron chi connectivity index (χ1n) is 7.29. The molecule has 3 rings (SSSR count). The number of likely N-dealkylation sites (tertiary alicyclic amines) is 1. The molecule has 0 N–H and O–H groups in total. The first-order chi connectivity index (χ1) is 10.6. The molecule has 0 aliphatic carbocycles. The van der Waals surface area contributed by atoms with E-state index in [0.29, 0.717) is 25.2 Å². The summed E-state index contributed by atoms with van der Waals surface area (Å²) in [5.74, 6) is -0.615. The summed E-state index contributed by atoms with van der Waals surface area (Å²) in [6.45, 7) is 1.64. The molecule has 1 saturated heterocycles. The highest BCUT2D eigenvalue weighted by molar-refractivity contribution is 5.24. The lowest BCUT2D eigenvalue weighted by molar-refractivity contribution is -0.521. The SMILES string of the molecule is O=[N+]([O-])C1CN(Cc2ccccc2)CC1c1cccc(F)c1. The highest BCUT2D eigenvalue weighted by Gasteiger charge is 2.41. The molecule has 2 aromatic rings. The minimum absolute atomic E-state index is 0.236. The Kier molecular flexibility index (Phi) is 4.15. The second-order valence-corrected chi connectivity index (χ2v) is 5.69. The van der Waals surface area contributed by atoms with Crippen LogP contribution in [-0.4, -0.2) is 29.0 Å². The van der Waals surface area contributed by atoms with Crippen LogP contribution in [0, 0.1) is 15.9 Å². The van der Waals surface area contributed by atoms with Gasteiger partial charge in [0.05, 0.1) is 12.5 Å². The summed E-state index contributed by atoms with van der Waals surface area (Å²) in [6, 6.07) is 15.4. The average molecular weight is 300 g/mol. The Hall–Kier alpha value is -2.27. The fourth-order valence-corrected chi connectivity index (χ4v) is 3.12. The quantitative estimate of drug-likeness (QED) is 0.644. The third-order valence-corrected chi connectivity index (χ3v) is 4.16. The Morgan fingerprint density at radius 1 is 1.14 bits per heavy atom. The zero-order chi connectivity index (χ0) is 15.5. The van der Waals surface area contributed by atoms with Crippen molar-refractivity contribution in [2.24, 2.45) is 0 Å². The van der Waals surface area contributed by atoms with Crippen LogP contribution >= 0.6 is 0 Å². The molecule has 2 atom stereocenters. The molecule has 1 aliphatic rings. The molecule has 2 aromatic carbocycles. The van der Waals surface area contributed by atoms with Gasteiger partial charge in [-0.25, -0.2) is 4.39 Å². The van der Waals surface area contributed by atoms with Gasteiger partial charge >= 0.3 is 0 Å². The van der Waals surface area contributed by atoms with E-state index in [9.17, 15) is 14.5 Å². The minimum atomic E-state index is -0.689. The second kappa shape index (κ2) is 6.23. The lowest BCUT2D eigenvalue weighted by Gasteiger charge is -2.15. The van der Waals surface area contributed by atoms with Gasteiger partial charge < -0.3 is 0 Å². The predicted octanol–water partition coefficient (Wildman–Crippen LogP) is 3.07. The van der Waals surface area contributed by atoms with Gasteiger partial charge in [0.25, 0.3) is 0 Å². The van der Waals surface area contributed by atoms with E-state index < -0.39 is 6.04 Å². The van der Waals surface area contributed by atoms with Crippen molar-refractivity contribution in [2.45, 2.75) is 18.5 Å². The summed E-state index contributed by atoms with van der Waals surface area (Å²) in [4.78, 5) is 13.2. The van der Waals surface area contributed by atoms with Gasteiger partial charge in [-0.3, -0.25) is 15.0 Å². The topological polar surface area (TPSA) is 46.4 Å². The zero-order valence-electron chi connectivity index (χ0n) is 12.1. The largest absolute Gasteiger partial charge is 0.292 e.